The molecule has 1 unspecified atom stereocenters. The Morgan fingerprint density at radius 1 is 1.15 bits per heavy atom. The highest BCUT2D eigenvalue weighted by atomic mass is 16.6. The summed E-state index contributed by atoms with van der Waals surface area (Å²) in [6.45, 7) is 1.51. The van der Waals surface area contributed by atoms with Crippen LogP contribution in [0.15, 0.2) is 54.6 Å². The predicted molar refractivity (Wildman–Crippen MR) is 97.1 cm³/mol. The van der Waals surface area contributed by atoms with Gasteiger partial charge in [0.2, 0.25) is 0 Å². The lowest BCUT2D eigenvalue weighted by Crippen LogP contribution is -2.41. The molecule has 3 amide bonds. The molecule has 27 heavy (non-hydrogen) atoms. The second kappa shape index (κ2) is 8.35. The number of benzene rings is 2. The smallest absolute Gasteiger partial charge is 0.417 e. The lowest BCUT2D eigenvalue weighted by Gasteiger charge is -2.22. The molecule has 2 aromatic carbocycles. The fraction of sp³-hybridized carbons (Fsp3) is 0.250. The molecule has 0 saturated carbocycles. The van der Waals surface area contributed by atoms with E-state index in [4.69, 9.17) is 9.47 Å². The topological polar surface area (TPSA) is 84.9 Å². The second-order valence-corrected chi connectivity index (χ2v) is 6.19. The van der Waals surface area contributed by atoms with Crippen molar-refractivity contribution in [3.63, 3.8) is 0 Å². The fourth-order valence-corrected chi connectivity index (χ4v) is 2.68. The minimum atomic E-state index is -0.703. The molecule has 1 N–H and O–H groups in total. The van der Waals surface area contributed by atoms with Crippen LogP contribution in [-0.2, 0) is 14.3 Å². The van der Waals surface area contributed by atoms with Crippen molar-refractivity contribution in [2.75, 3.05) is 19.8 Å². The molecule has 0 spiro atoms. The van der Waals surface area contributed by atoms with E-state index >= 15 is 0 Å². The molecule has 1 atom stereocenters. The van der Waals surface area contributed by atoms with E-state index in [-0.39, 0.29) is 25.7 Å². The summed E-state index contributed by atoms with van der Waals surface area (Å²) < 4.78 is 10.2. The van der Waals surface area contributed by atoms with E-state index in [9.17, 15) is 14.4 Å². The Balaban J connectivity index is 1.65. The number of hydrogen-bond donors (Lipinski definition) is 1. The first kappa shape index (κ1) is 18.4. The molecule has 0 aliphatic carbocycles. The van der Waals surface area contributed by atoms with Crippen LogP contribution in [0.25, 0.3) is 0 Å². The number of imide groups is 1. The third-order valence-corrected chi connectivity index (χ3v) is 4.13. The van der Waals surface area contributed by atoms with Gasteiger partial charge in [0, 0.05) is 0 Å². The molecule has 3 rings (SSSR count). The standard InChI is InChI=1S/C20H20N2O5/c1-14-7-9-16(10-8-14)26-12-18(23)21-17(15-5-3-2-4-6-15)11-22-19(24)13-27-20(22)25/h2-10,17H,11-13H2,1H3,(H,21,23). The van der Waals surface area contributed by atoms with Crippen molar-refractivity contribution in [1.82, 2.24) is 10.2 Å². The minimum absolute atomic E-state index is 0.00203. The molecule has 0 bridgehead atoms. The van der Waals surface area contributed by atoms with Gasteiger partial charge in [-0.25, -0.2) is 9.69 Å². The number of nitrogens with zero attached hydrogens (tertiary/aromatic N) is 1. The van der Waals surface area contributed by atoms with Crippen LogP contribution < -0.4 is 10.1 Å². The van der Waals surface area contributed by atoms with Crippen LogP contribution in [-0.4, -0.2) is 42.6 Å². The lowest BCUT2D eigenvalue weighted by atomic mass is 10.1. The van der Waals surface area contributed by atoms with E-state index in [0.717, 1.165) is 16.0 Å². The van der Waals surface area contributed by atoms with Gasteiger partial charge in [-0.15, -0.1) is 0 Å². The average Bonchev–Trinajstić information content (AvgIpc) is 2.99. The maximum absolute atomic E-state index is 12.3. The monoisotopic (exact) mass is 368 g/mol. The highest BCUT2D eigenvalue weighted by Crippen LogP contribution is 2.17. The summed E-state index contributed by atoms with van der Waals surface area (Å²) in [7, 11) is 0. The van der Waals surface area contributed by atoms with Crippen molar-refractivity contribution >= 4 is 17.9 Å². The first-order valence-electron chi connectivity index (χ1n) is 8.54. The molecule has 0 aromatic heterocycles. The third-order valence-electron chi connectivity index (χ3n) is 4.13. The van der Waals surface area contributed by atoms with Crippen LogP contribution in [0.2, 0.25) is 0 Å². The van der Waals surface area contributed by atoms with Crippen LogP contribution in [0.3, 0.4) is 0 Å². The molecule has 7 heteroatoms. The van der Waals surface area contributed by atoms with E-state index < -0.39 is 18.0 Å². The summed E-state index contributed by atoms with van der Waals surface area (Å²) in [5, 5.41) is 2.82. The number of ether oxygens (including phenoxy) is 2. The quantitative estimate of drug-likeness (QED) is 0.810. The van der Waals surface area contributed by atoms with E-state index in [1.165, 1.54) is 0 Å². The molecule has 140 valence electrons. The van der Waals surface area contributed by atoms with Gasteiger partial charge in [0.05, 0.1) is 12.6 Å². The highest BCUT2D eigenvalue weighted by molar-refractivity contribution is 5.97. The molecule has 1 heterocycles. The zero-order valence-corrected chi connectivity index (χ0v) is 14.9. The number of nitrogens with one attached hydrogen (secondary N) is 1. The van der Waals surface area contributed by atoms with Crippen molar-refractivity contribution in [2.24, 2.45) is 0 Å². The van der Waals surface area contributed by atoms with Gasteiger partial charge in [-0.1, -0.05) is 48.0 Å². The summed E-state index contributed by atoms with van der Waals surface area (Å²) in [5.74, 6) is -0.194. The van der Waals surface area contributed by atoms with Gasteiger partial charge in [-0.2, -0.15) is 0 Å². The first-order valence-corrected chi connectivity index (χ1v) is 8.54. The molecule has 1 fully saturated rings. The van der Waals surface area contributed by atoms with Crippen LogP contribution in [0, 0.1) is 6.92 Å². The third kappa shape index (κ3) is 4.84. The summed E-state index contributed by atoms with van der Waals surface area (Å²) in [6, 6.07) is 15.9. The van der Waals surface area contributed by atoms with Crippen molar-refractivity contribution in [3.05, 3.63) is 65.7 Å². The van der Waals surface area contributed by atoms with Gasteiger partial charge in [0.25, 0.3) is 11.8 Å². The normalized spacial score (nSPS) is 14.6. The first-order chi connectivity index (χ1) is 13.0. The number of hydrogen-bond acceptors (Lipinski definition) is 5. The molecular weight excluding hydrogens is 348 g/mol. The highest BCUT2D eigenvalue weighted by Gasteiger charge is 2.33. The Hall–Kier alpha value is -3.35. The summed E-state index contributed by atoms with van der Waals surface area (Å²) in [4.78, 5) is 36.9. The Kier molecular flexibility index (Phi) is 5.71. The summed E-state index contributed by atoms with van der Waals surface area (Å²) in [5.41, 5.74) is 1.87. The molecule has 1 saturated heterocycles. The zero-order chi connectivity index (χ0) is 19.2. The SMILES string of the molecule is Cc1ccc(OCC(=O)NC(CN2C(=O)COC2=O)c2ccccc2)cc1. The molecule has 2 aromatic rings. The van der Waals surface area contributed by atoms with Crippen LogP contribution in [0.1, 0.15) is 17.2 Å². The Morgan fingerprint density at radius 2 is 1.85 bits per heavy atom. The number of rotatable bonds is 7. The Bertz CT molecular complexity index is 804. The second-order valence-electron chi connectivity index (χ2n) is 6.19. The van der Waals surface area contributed by atoms with Gasteiger partial charge < -0.3 is 14.8 Å². The average molecular weight is 368 g/mol. The van der Waals surface area contributed by atoms with Gasteiger partial charge in [-0.05, 0) is 24.6 Å². The van der Waals surface area contributed by atoms with E-state index in [2.05, 4.69) is 5.32 Å². The van der Waals surface area contributed by atoms with Crippen LogP contribution in [0.5, 0.6) is 5.75 Å². The van der Waals surface area contributed by atoms with Gasteiger partial charge >= 0.3 is 6.09 Å². The molecule has 0 radical (unpaired) electrons. The molecule has 7 nitrogen and oxygen atoms in total. The number of carbonyl (C=O) groups excluding carboxylic acids is 3. The number of amides is 3. The number of aryl methyl sites for hydroxylation is 1. The molecule has 1 aliphatic rings. The molecule has 1 aliphatic heterocycles. The Morgan fingerprint density at radius 3 is 2.48 bits per heavy atom. The lowest BCUT2D eigenvalue weighted by molar-refractivity contribution is -0.128. The van der Waals surface area contributed by atoms with Crippen molar-refractivity contribution in [3.8, 4) is 5.75 Å². The summed E-state index contributed by atoms with van der Waals surface area (Å²) in [6.07, 6.45) is -0.703. The minimum Gasteiger partial charge on any atom is -0.484 e. The van der Waals surface area contributed by atoms with E-state index in [0.29, 0.717) is 5.75 Å². The van der Waals surface area contributed by atoms with E-state index in [1.807, 2.05) is 49.4 Å². The van der Waals surface area contributed by atoms with Gasteiger partial charge in [0.15, 0.2) is 13.2 Å². The fourth-order valence-electron chi connectivity index (χ4n) is 2.68. The van der Waals surface area contributed by atoms with E-state index in [1.54, 1.807) is 12.1 Å². The largest absolute Gasteiger partial charge is 0.484 e. The maximum Gasteiger partial charge on any atom is 0.417 e. The summed E-state index contributed by atoms with van der Waals surface area (Å²) >= 11 is 0. The predicted octanol–water partition coefficient (Wildman–Crippen LogP) is 2.21. The van der Waals surface area contributed by atoms with Gasteiger partial charge in [-0.3, -0.25) is 9.59 Å². The Labute approximate surface area is 156 Å². The molecular formula is C20H20N2O5. The van der Waals surface area contributed by atoms with Crippen molar-refractivity contribution < 1.29 is 23.9 Å². The number of cyclic esters (lactones) is 1. The van der Waals surface area contributed by atoms with Gasteiger partial charge in [0.1, 0.15) is 5.75 Å². The maximum atomic E-state index is 12.3. The van der Waals surface area contributed by atoms with Crippen LogP contribution in [0.4, 0.5) is 4.79 Å². The number of carbonyl (C=O) groups is 3. The van der Waals surface area contributed by atoms with Crippen molar-refractivity contribution in [1.29, 1.82) is 0 Å². The van der Waals surface area contributed by atoms with Crippen molar-refractivity contribution in [2.45, 2.75) is 13.0 Å². The van der Waals surface area contributed by atoms with Crippen LogP contribution >= 0.6 is 0 Å². The zero-order valence-electron chi connectivity index (χ0n) is 14.9.